The van der Waals surface area contributed by atoms with E-state index in [4.69, 9.17) is 36.1 Å². The Hall–Kier alpha value is -2.90. The molecule has 2 aliphatic heterocycles. The molecule has 10 heteroatoms. The number of hydrogen-bond donors (Lipinski definition) is 0. The van der Waals surface area contributed by atoms with E-state index in [1.54, 1.807) is 0 Å². The molecule has 0 N–H and O–H groups in total. The smallest absolute Gasteiger partial charge is 0.164 e. The van der Waals surface area contributed by atoms with Gasteiger partial charge in [0.1, 0.15) is 18.2 Å². The minimum Gasteiger partial charge on any atom is -0.489 e. The number of rotatable bonds is 7. The third-order valence-corrected chi connectivity index (χ3v) is 4.87. The van der Waals surface area contributed by atoms with E-state index in [1.807, 2.05) is 0 Å². The fourth-order valence-corrected chi connectivity index (χ4v) is 3.50. The number of nitrogens with zero attached hydrogens (tertiary/aromatic N) is 3. The van der Waals surface area contributed by atoms with Crippen LogP contribution in [-0.4, -0.2) is 38.9 Å². The number of halogens is 3. The Morgan fingerprint density at radius 2 is 1.44 bits per heavy atom. The van der Waals surface area contributed by atoms with Crippen molar-refractivity contribution in [3.8, 4) is 23.0 Å². The van der Waals surface area contributed by atoms with Gasteiger partial charge >= 0.3 is 0 Å². The highest BCUT2D eigenvalue weighted by molar-refractivity contribution is 6.18. The Morgan fingerprint density at radius 3 is 1.94 bits per heavy atom. The first-order valence-corrected chi connectivity index (χ1v) is 10.9. The van der Waals surface area contributed by atoms with Crippen molar-refractivity contribution in [1.29, 1.82) is 0 Å². The second-order valence-corrected chi connectivity index (χ2v) is 7.41. The number of ether oxygens (including phenoxy) is 4. The molecule has 2 heterocycles. The summed E-state index contributed by atoms with van der Waals surface area (Å²) >= 11 is 5.51. The normalized spacial score (nSPS) is 13.7. The Morgan fingerprint density at radius 1 is 0.906 bits per heavy atom. The maximum absolute atomic E-state index is 13.3. The minimum atomic E-state index is -0.340. The van der Waals surface area contributed by atoms with Crippen molar-refractivity contribution >= 4 is 11.6 Å². The summed E-state index contributed by atoms with van der Waals surface area (Å²) in [7, 11) is 0. The molecule has 0 aliphatic carbocycles. The summed E-state index contributed by atoms with van der Waals surface area (Å²) in [5, 5.41) is 3.34. The quantitative estimate of drug-likeness (QED) is 0.174. The van der Waals surface area contributed by atoms with Crippen molar-refractivity contribution in [3.05, 3.63) is 57.5 Å². The third-order valence-electron chi connectivity index (χ3n) is 4.71. The molecule has 7 nitrogen and oxygen atoms in total. The highest BCUT2D eigenvalue weighted by Crippen LogP contribution is 2.36. The first-order valence-electron chi connectivity index (χ1n) is 10.3. The Bertz CT molecular complexity index is 971. The Kier molecular flexibility index (Phi) is 9.07. The van der Waals surface area contributed by atoms with Crippen LogP contribution in [0.2, 0.25) is 0 Å². The van der Waals surface area contributed by atoms with Crippen molar-refractivity contribution in [2.45, 2.75) is 25.7 Å². The van der Waals surface area contributed by atoms with Crippen LogP contribution < -0.4 is 18.9 Å². The van der Waals surface area contributed by atoms with E-state index in [2.05, 4.69) is 10.0 Å². The van der Waals surface area contributed by atoms with E-state index in [1.165, 1.54) is 24.3 Å². The van der Waals surface area contributed by atoms with E-state index in [-0.39, 0.29) is 24.8 Å². The van der Waals surface area contributed by atoms with E-state index in [0.717, 1.165) is 36.8 Å². The van der Waals surface area contributed by atoms with E-state index < -0.39 is 0 Å². The van der Waals surface area contributed by atoms with Crippen LogP contribution in [0.4, 0.5) is 8.78 Å². The fourth-order valence-electron chi connectivity index (χ4n) is 3.42. The van der Waals surface area contributed by atoms with Gasteiger partial charge in [0.05, 0.1) is 32.2 Å². The van der Waals surface area contributed by atoms with E-state index in [0.29, 0.717) is 48.7 Å². The minimum absolute atomic E-state index is 0.210. The van der Waals surface area contributed by atoms with Gasteiger partial charge in [-0.3, -0.25) is 0 Å². The lowest BCUT2D eigenvalue weighted by Gasteiger charge is -2.20. The second kappa shape index (κ2) is 12.2. The Balaban J connectivity index is 0.000000182. The zero-order valence-electron chi connectivity index (χ0n) is 17.5. The number of fused-ring (bicyclic) bond motifs is 2. The van der Waals surface area contributed by atoms with Crippen LogP contribution in [0, 0.1) is 11.6 Å². The topological polar surface area (TPSA) is 85.7 Å². The number of benzene rings is 2. The van der Waals surface area contributed by atoms with Crippen molar-refractivity contribution in [1.82, 2.24) is 0 Å². The largest absolute Gasteiger partial charge is 0.489 e. The third kappa shape index (κ3) is 6.55. The van der Waals surface area contributed by atoms with Crippen LogP contribution in [0.3, 0.4) is 0 Å². The van der Waals surface area contributed by atoms with Gasteiger partial charge in [-0.2, -0.15) is 0 Å². The molecule has 0 atom stereocenters. The molecule has 2 aromatic carbocycles. The molecule has 0 unspecified atom stereocenters. The van der Waals surface area contributed by atoms with Crippen molar-refractivity contribution < 1.29 is 27.7 Å². The zero-order valence-corrected chi connectivity index (χ0v) is 18.2. The maximum Gasteiger partial charge on any atom is 0.164 e. The highest BCUT2D eigenvalue weighted by Gasteiger charge is 2.18. The Labute approximate surface area is 189 Å². The van der Waals surface area contributed by atoms with Crippen LogP contribution in [0.1, 0.15) is 24.0 Å². The molecule has 0 fully saturated rings. The molecule has 0 saturated carbocycles. The van der Waals surface area contributed by atoms with Crippen LogP contribution in [0.5, 0.6) is 23.0 Å². The summed E-state index contributed by atoms with van der Waals surface area (Å²) in [6.07, 6.45) is 3.43. The lowest BCUT2D eigenvalue weighted by Crippen LogP contribution is -2.11. The molecule has 0 bridgehead atoms. The number of azide groups is 1. The SMILES string of the molecule is Fc1cc2c(c(OCCCl)c1)OCCC2.[N-]=[N+]=NCCOc1cc(F)cc2c1OCCC2. The first-order chi connectivity index (χ1) is 15.6. The number of aryl methyl sites for hydroxylation is 2. The average molecular weight is 468 g/mol. The molecule has 4 rings (SSSR count). The summed E-state index contributed by atoms with van der Waals surface area (Å²) in [6, 6.07) is 5.60. The van der Waals surface area contributed by atoms with Crippen LogP contribution in [-0.2, 0) is 12.8 Å². The molecular formula is C22H24ClF2N3O4. The number of hydrogen-bond acceptors (Lipinski definition) is 5. The predicted molar refractivity (Wildman–Crippen MR) is 116 cm³/mol. The molecular weight excluding hydrogens is 444 g/mol. The highest BCUT2D eigenvalue weighted by atomic mass is 35.5. The lowest BCUT2D eigenvalue weighted by atomic mass is 10.1. The number of alkyl halides is 1. The zero-order chi connectivity index (χ0) is 22.8. The summed E-state index contributed by atoms with van der Waals surface area (Å²) < 4.78 is 48.2. The van der Waals surface area contributed by atoms with Crippen LogP contribution in [0.15, 0.2) is 29.4 Å². The lowest BCUT2D eigenvalue weighted by molar-refractivity contribution is 0.252. The first kappa shape index (κ1) is 23.8. The molecule has 0 saturated heterocycles. The molecule has 0 amide bonds. The molecule has 32 heavy (non-hydrogen) atoms. The van der Waals surface area contributed by atoms with Gasteiger partial charge < -0.3 is 18.9 Å². The van der Waals surface area contributed by atoms with Gasteiger partial charge in [-0.15, -0.1) is 11.6 Å². The van der Waals surface area contributed by atoms with E-state index >= 15 is 0 Å². The predicted octanol–water partition coefficient (Wildman–Crippen LogP) is 5.61. The summed E-state index contributed by atoms with van der Waals surface area (Å²) in [6.45, 7) is 2.06. The summed E-state index contributed by atoms with van der Waals surface area (Å²) in [5.41, 5.74) is 9.83. The standard InChI is InChI=1S/C11H12ClFO2.C11H12FN3O2/c12-3-5-14-10-7-9(13)6-8-2-1-4-15-11(8)10;12-9-6-8-2-1-4-17-11(8)10(7-9)16-5-3-14-15-13/h6-7H,1-5H2;6-7H,1-5H2. The second-order valence-electron chi connectivity index (χ2n) is 7.03. The fraction of sp³-hybridized carbons (Fsp3) is 0.455. The molecule has 2 aliphatic rings. The molecule has 0 radical (unpaired) electrons. The molecule has 172 valence electrons. The summed E-state index contributed by atoms with van der Waals surface area (Å²) in [4.78, 5) is 2.61. The van der Waals surface area contributed by atoms with Gasteiger partial charge in [0.2, 0.25) is 0 Å². The average Bonchev–Trinajstić information content (AvgIpc) is 2.80. The van der Waals surface area contributed by atoms with Gasteiger partial charge in [-0.25, -0.2) is 8.78 Å². The van der Waals surface area contributed by atoms with Gasteiger partial charge in [-0.05, 0) is 43.3 Å². The van der Waals surface area contributed by atoms with Crippen LogP contribution >= 0.6 is 11.6 Å². The maximum atomic E-state index is 13.3. The molecule has 0 aromatic heterocycles. The van der Waals surface area contributed by atoms with Crippen LogP contribution in [0.25, 0.3) is 10.4 Å². The molecule has 0 spiro atoms. The van der Waals surface area contributed by atoms with Gasteiger partial charge in [0.15, 0.2) is 23.0 Å². The summed E-state index contributed by atoms with van der Waals surface area (Å²) in [5.74, 6) is 1.88. The van der Waals surface area contributed by atoms with Crippen molar-refractivity contribution in [3.63, 3.8) is 0 Å². The van der Waals surface area contributed by atoms with Gasteiger partial charge in [0.25, 0.3) is 0 Å². The van der Waals surface area contributed by atoms with Gasteiger partial charge in [0, 0.05) is 28.2 Å². The van der Waals surface area contributed by atoms with E-state index in [9.17, 15) is 8.78 Å². The van der Waals surface area contributed by atoms with Crippen molar-refractivity contribution in [2.24, 2.45) is 5.11 Å². The van der Waals surface area contributed by atoms with Crippen molar-refractivity contribution in [2.75, 3.05) is 38.9 Å². The molecule has 2 aromatic rings. The van der Waals surface area contributed by atoms with Gasteiger partial charge in [-0.1, -0.05) is 5.11 Å². The monoisotopic (exact) mass is 467 g/mol.